The molecule has 1 saturated heterocycles. The third-order valence-electron chi connectivity index (χ3n) is 4.13. The summed E-state index contributed by atoms with van der Waals surface area (Å²) in [6.45, 7) is 3.81. The zero-order valence-electron chi connectivity index (χ0n) is 13.5. The number of alkyl halides is 3. The predicted octanol–water partition coefficient (Wildman–Crippen LogP) is 1.41. The van der Waals surface area contributed by atoms with E-state index < -0.39 is 31.7 Å². The lowest BCUT2D eigenvalue weighted by atomic mass is 10.2. The van der Waals surface area contributed by atoms with Gasteiger partial charge in [0.05, 0.1) is 60.2 Å². The van der Waals surface area contributed by atoms with Crippen molar-refractivity contribution in [3.8, 4) is 6.07 Å². The van der Waals surface area contributed by atoms with Gasteiger partial charge in [-0.15, -0.1) is 0 Å². The summed E-state index contributed by atoms with van der Waals surface area (Å²) >= 11 is 5.54. The number of nitriles is 1. The van der Waals surface area contributed by atoms with E-state index in [2.05, 4.69) is 6.07 Å². The molecule has 0 radical (unpaired) electrons. The average molecular weight is 397 g/mol. The molecule has 138 valence electrons. The first-order valence-corrected chi connectivity index (χ1v) is 9.47. The number of halogens is 4. The maximum Gasteiger partial charge on any atom is 0.417 e. The lowest BCUT2D eigenvalue weighted by molar-refractivity contribution is -0.905. The van der Waals surface area contributed by atoms with Gasteiger partial charge in [0.2, 0.25) is 10.0 Å². The van der Waals surface area contributed by atoms with Gasteiger partial charge in [-0.05, 0) is 25.1 Å². The second-order valence-electron chi connectivity index (χ2n) is 6.03. The molecule has 0 aromatic heterocycles. The Morgan fingerprint density at radius 2 is 1.96 bits per heavy atom. The molecule has 0 aliphatic carbocycles. The van der Waals surface area contributed by atoms with Crippen molar-refractivity contribution in [2.75, 3.05) is 32.7 Å². The third-order valence-corrected chi connectivity index (χ3v) is 6.35. The Bertz CT molecular complexity index is 769. The number of nitrogens with one attached hydrogen (secondary N) is 1. The second kappa shape index (κ2) is 7.50. The molecule has 1 aliphatic rings. The Morgan fingerprint density at radius 1 is 1.36 bits per heavy atom. The van der Waals surface area contributed by atoms with E-state index in [4.69, 9.17) is 16.9 Å². The second-order valence-corrected chi connectivity index (χ2v) is 8.37. The highest BCUT2D eigenvalue weighted by molar-refractivity contribution is 7.89. The van der Waals surface area contributed by atoms with E-state index in [1.54, 1.807) is 6.92 Å². The van der Waals surface area contributed by atoms with Gasteiger partial charge < -0.3 is 4.90 Å². The minimum Gasteiger partial charge on any atom is -0.332 e. The standard InChI is InChI=1S/C15H17ClF3N3O2S/c1-11(9-20)10-21-4-6-22(7-5-21)25(23,24)12-2-3-14(16)13(8-12)15(17,18)19/h2-3,8,11H,4-7,10H2,1H3/p+1/t11-/m0/s1. The van der Waals surface area contributed by atoms with Crippen molar-refractivity contribution < 1.29 is 26.5 Å². The molecule has 10 heteroatoms. The van der Waals surface area contributed by atoms with Crippen LogP contribution in [0.25, 0.3) is 0 Å². The van der Waals surface area contributed by atoms with Gasteiger partial charge in [0.15, 0.2) is 0 Å². The first-order valence-electron chi connectivity index (χ1n) is 7.65. The van der Waals surface area contributed by atoms with Crippen LogP contribution in [0.1, 0.15) is 12.5 Å². The molecule has 1 heterocycles. The van der Waals surface area contributed by atoms with Crippen LogP contribution in [0.2, 0.25) is 5.02 Å². The number of quaternary nitrogens is 1. The number of rotatable bonds is 4. The number of benzene rings is 1. The lowest BCUT2D eigenvalue weighted by Crippen LogP contribution is -3.15. The molecule has 1 aliphatic heterocycles. The summed E-state index contributed by atoms with van der Waals surface area (Å²) in [6, 6.07) is 4.75. The van der Waals surface area contributed by atoms with Crippen LogP contribution in [0.4, 0.5) is 13.2 Å². The molecule has 0 unspecified atom stereocenters. The zero-order chi connectivity index (χ0) is 18.8. The van der Waals surface area contributed by atoms with E-state index in [9.17, 15) is 21.6 Å². The van der Waals surface area contributed by atoms with Crippen molar-refractivity contribution in [3.63, 3.8) is 0 Å². The number of piperazine rings is 1. The van der Waals surface area contributed by atoms with Gasteiger partial charge in [0.25, 0.3) is 0 Å². The molecular formula is C15H18ClF3N3O2S+. The molecule has 1 atom stereocenters. The van der Waals surface area contributed by atoms with Crippen LogP contribution in [0, 0.1) is 17.2 Å². The highest BCUT2D eigenvalue weighted by Crippen LogP contribution is 2.36. The third kappa shape index (κ3) is 4.64. The fourth-order valence-electron chi connectivity index (χ4n) is 2.76. The van der Waals surface area contributed by atoms with Crippen molar-refractivity contribution in [1.82, 2.24) is 4.31 Å². The van der Waals surface area contributed by atoms with Crippen LogP contribution in [0.5, 0.6) is 0 Å². The Kier molecular flexibility index (Phi) is 5.99. The minimum atomic E-state index is -4.72. The van der Waals surface area contributed by atoms with Crippen LogP contribution in [-0.4, -0.2) is 45.4 Å². The molecule has 0 spiro atoms. The molecular weight excluding hydrogens is 379 g/mol. The van der Waals surface area contributed by atoms with E-state index in [1.165, 1.54) is 4.31 Å². The molecule has 25 heavy (non-hydrogen) atoms. The van der Waals surface area contributed by atoms with Gasteiger partial charge in [0.1, 0.15) is 0 Å². The van der Waals surface area contributed by atoms with E-state index in [0.717, 1.165) is 17.0 Å². The SMILES string of the molecule is C[C@@H](C#N)C[NH+]1CCN(S(=O)(=O)c2ccc(Cl)c(C(F)(F)F)c2)CC1. The number of sulfonamides is 1. The average Bonchev–Trinajstić information content (AvgIpc) is 2.54. The Labute approximate surface area is 149 Å². The summed E-state index contributed by atoms with van der Waals surface area (Å²) in [6.07, 6.45) is -4.72. The summed E-state index contributed by atoms with van der Waals surface area (Å²) in [7, 11) is -4.02. The van der Waals surface area contributed by atoms with Crippen LogP contribution in [0.3, 0.4) is 0 Å². The smallest absolute Gasteiger partial charge is 0.332 e. The van der Waals surface area contributed by atoms with E-state index in [1.807, 2.05) is 0 Å². The first-order chi connectivity index (χ1) is 11.6. The molecule has 0 amide bonds. The summed E-state index contributed by atoms with van der Waals surface area (Å²) in [4.78, 5) is 0.686. The van der Waals surface area contributed by atoms with Crippen molar-refractivity contribution in [2.24, 2.45) is 5.92 Å². The fraction of sp³-hybridized carbons (Fsp3) is 0.533. The lowest BCUT2D eigenvalue weighted by Gasteiger charge is -2.32. The highest BCUT2D eigenvalue weighted by atomic mass is 35.5. The van der Waals surface area contributed by atoms with Gasteiger partial charge in [0, 0.05) is 0 Å². The van der Waals surface area contributed by atoms with E-state index in [0.29, 0.717) is 25.7 Å². The van der Waals surface area contributed by atoms with Crippen molar-refractivity contribution in [2.45, 2.75) is 18.0 Å². The van der Waals surface area contributed by atoms with Crippen LogP contribution in [-0.2, 0) is 16.2 Å². The normalized spacial score (nSPS) is 18.7. The highest BCUT2D eigenvalue weighted by Gasteiger charge is 2.36. The monoisotopic (exact) mass is 396 g/mol. The van der Waals surface area contributed by atoms with Gasteiger partial charge in [-0.3, -0.25) is 0 Å². The molecule has 1 N–H and O–H groups in total. The largest absolute Gasteiger partial charge is 0.417 e. The molecule has 1 fully saturated rings. The van der Waals surface area contributed by atoms with Gasteiger partial charge in [-0.25, -0.2) is 8.42 Å². The summed E-state index contributed by atoms with van der Waals surface area (Å²) in [5.74, 6) is -0.135. The zero-order valence-corrected chi connectivity index (χ0v) is 15.0. The van der Waals surface area contributed by atoms with Crippen LogP contribution in [0.15, 0.2) is 23.1 Å². The summed E-state index contributed by atoms with van der Waals surface area (Å²) in [5.41, 5.74) is -1.16. The molecule has 2 rings (SSSR count). The first kappa shape index (κ1) is 20.0. The van der Waals surface area contributed by atoms with Gasteiger partial charge in [-0.1, -0.05) is 11.6 Å². The topological polar surface area (TPSA) is 65.6 Å². The molecule has 5 nitrogen and oxygen atoms in total. The molecule has 1 aromatic rings. The van der Waals surface area contributed by atoms with Crippen molar-refractivity contribution >= 4 is 21.6 Å². The molecule has 0 bridgehead atoms. The number of hydrogen-bond donors (Lipinski definition) is 1. The summed E-state index contributed by atoms with van der Waals surface area (Å²) < 4.78 is 65.2. The van der Waals surface area contributed by atoms with Crippen LogP contribution < -0.4 is 4.90 Å². The maximum atomic E-state index is 12.9. The van der Waals surface area contributed by atoms with E-state index in [-0.39, 0.29) is 19.0 Å². The maximum absolute atomic E-state index is 12.9. The van der Waals surface area contributed by atoms with E-state index >= 15 is 0 Å². The Balaban J connectivity index is 2.17. The van der Waals surface area contributed by atoms with Crippen molar-refractivity contribution in [3.05, 3.63) is 28.8 Å². The van der Waals surface area contributed by atoms with Crippen molar-refractivity contribution in [1.29, 1.82) is 5.26 Å². The van der Waals surface area contributed by atoms with Crippen LogP contribution >= 0.6 is 11.6 Å². The molecule has 0 saturated carbocycles. The summed E-state index contributed by atoms with van der Waals surface area (Å²) in [5, 5.41) is 8.30. The quantitative estimate of drug-likeness (QED) is 0.836. The fourth-order valence-corrected chi connectivity index (χ4v) is 4.45. The van der Waals surface area contributed by atoms with Gasteiger partial charge in [-0.2, -0.15) is 22.7 Å². The number of nitrogens with zero attached hydrogens (tertiary/aromatic N) is 2. The Morgan fingerprint density at radius 3 is 2.48 bits per heavy atom. The Hall–Kier alpha value is -1.34. The van der Waals surface area contributed by atoms with Gasteiger partial charge >= 0.3 is 6.18 Å². The molecule has 1 aromatic carbocycles. The predicted molar refractivity (Wildman–Crippen MR) is 85.6 cm³/mol. The number of hydrogen-bond acceptors (Lipinski definition) is 3. The minimum absolute atomic E-state index is 0.135.